The minimum Gasteiger partial charge on any atom is -0.493 e. The molecule has 0 aliphatic heterocycles. The number of hydrogen-bond acceptors (Lipinski definition) is 4. The molecule has 0 heterocycles. The average molecular weight is 424 g/mol. The summed E-state index contributed by atoms with van der Waals surface area (Å²) in [4.78, 5) is 24.3. The third-order valence-corrected chi connectivity index (χ3v) is 4.68. The number of carbonyl (C=O) groups is 2. The van der Waals surface area contributed by atoms with Gasteiger partial charge in [-0.3, -0.25) is 9.59 Å². The molecule has 5 nitrogen and oxygen atoms in total. The summed E-state index contributed by atoms with van der Waals surface area (Å²) < 4.78 is 11.5. The lowest BCUT2D eigenvalue weighted by Crippen LogP contribution is -2.13. The Morgan fingerprint density at radius 2 is 1.70 bits per heavy atom. The van der Waals surface area contributed by atoms with E-state index >= 15 is 0 Å². The molecule has 0 aliphatic carbocycles. The van der Waals surface area contributed by atoms with Crippen LogP contribution in [0.15, 0.2) is 66.7 Å². The van der Waals surface area contributed by atoms with E-state index in [1.54, 1.807) is 54.6 Å². The number of benzene rings is 3. The van der Waals surface area contributed by atoms with Gasteiger partial charge in [-0.15, -0.1) is 0 Å². The Morgan fingerprint density at radius 3 is 2.43 bits per heavy atom. The van der Waals surface area contributed by atoms with E-state index in [1.165, 1.54) is 6.92 Å². The molecule has 0 unspecified atom stereocenters. The highest BCUT2D eigenvalue weighted by Crippen LogP contribution is 2.27. The third kappa shape index (κ3) is 5.39. The Bertz CT molecular complexity index is 1060. The maximum absolute atomic E-state index is 12.7. The first kappa shape index (κ1) is 21.4. The predicted octanol–water partition coefficient (Wildman–Crippen LogP) is 5.77. The van der Waals surface area contributed by atoms with Gasteiger partial charge in [-0.1, -0.05) is 35.9 Å². The molecule has 0 bridgehead atoms. The van der Waals surface area contributed by atoms with Gasteiger partial charge in [0.25, 0.3) is 5.91 Å². The van der Waals surface area contributed by atoms with E-state index in [2.05, 4.69) is 5.32 Å². The van der Waals surface area contributed by atoms with Crippen molar-refractivity contribution in [3.63, 3.8) is 0 Å². The van der Waals surface area contributed by atoms with E-state index in [4.69, 9.17) is 21.1 Å². The number of ether oxygens (including phenoxy) is 2. The van der Waals surface area contributed by atoms with Gasteiger partial charge in [0.1, 0.15) is 18.1 Å². The standard InChI is InChI=1S/C24H22ClNO4/c1-3-29-22-12-11-18(13-19(22)15-30-23-10-5-4-9-21(23)25)24(28)26-20-8-6-7-17(14-20)16(2)27/h4-14H,3,15H2,1-2H3,(H,26,28). The molecule has 154 valence electrons. The first-order valence-electron chi connectivity index (χ1n) is 9.53. The molecule has 0 aliphatic rings. The quantitative estimate of drug-likeness (QED) is 0.467. The molecule has 6 heteroatoms. The van der Waals surface area contributed by atoms with Crippen LogP contribution in [-0.4, -0.2) is 18.3 Å². The predicted molar refractivity (Wildman–Crippen MR) is 118 cm³/mol. The van der Waals surface area contributed by atoms with Crippen LogP contribution in [0.3, 0.4) is 0 Å². The molecular formula is C24H22ClNO4. The zero-order chi connectivity index (χ0) is 21.5. The average Bonchev–Trinajstić information content (AvgIpc) is 2.74. The highest BCUT2D eigenvalue weighted by molar-refractivity contribution is 6.32. The van der Waals surface area contributed by atoms with Crippen LogP contribution in [0.2, 0.25) is 5.02 Å². The van der Waals surface area contributed by atoms with Crippen LogP contribution in [0, 0.1) is 0 Å². The van der Waals surface area contributed by atoms with Crippen molar-refractivity contribution in [3.8, 4) is 11.5 Å². The van der Waals surface area contributed by atoms with Crippen LogP contribution < -0.4 is 14.8 Å². The lowest BCUT2D eigenvalue weighted by Gasteiger charge is -2.14. The second-order valence-corrected chi connectivity index (χ2v) is 6.97. The van der Waals surface area contributed by atoms with Gasteiger partial charge in [0.2, 0.25) is 0 Å². The van der Waals surface area contributed by atoms with Gasteiger partial charge >= 0.3 is 0 Å². The fourth-order valence-corrected chi connectivity index (χ4v) is 3.06. The summed E-state index contributed by atoms with van der Waals surface area (Å²) in [5.74, 6) is 0.834. The number of amides is 1. The van der Waals surface area contributed by atoms with Gasteiger partial charge in [-0.2, -0.15) is 0 Å². The zero-order valence-electron chi connectivity index (χ0n) is 16.8. The van der Waals surface area contributed by atoms with E-state index < -0.39 is 0 Å². The topological polar surface area (TPSA) is 64.6 Å². The molecule has 3 rings (SSSR count). The van der Waals surface area contributed by atoms with Crippen molar-refractivity contribution >= 4 is 29.0 Å². The van der Waals surface area contributed by atoms with Crippen molar-refractivity contribution in [2.45, 2.75) is 20.5 Å². The maximum atomic E-state index is 12.7. The van der Waals surface area contributed by atoms with Crippen molar-refractivity contribution in [2.75, 3.05) is 11.9 Å². The van der Waals surface area contributed by atoms with Crippen LogP contribution in [-0.2, 0) is 6.61 Å². The first-order chi connectivity index (χ1) is 14.5. The van der Waals surface area contributed by atoms with Crippen molar-refractivity contribution in [1.82, 2.24) is 0 Å². The maximum Gasteiger partial charge on any atom is 0.255 e. The SMILES string of the molecule is CCOc1ccc(C(=O)Nc2cccc(C(C)=O)c2)cc1COc1ccccc1Cl. The molecule has 3 aromatic carbocycles. The van der Waals surface area contributed by atoms with Gasteiger partial charge in [-0.05, 0) is 56.3 Å². The third-order valence-electron chi connectivity index (χ3n) is 4.37. The molecule has 0 saturated heterocycles. The van der Waals surface area contributed by atoms with E-state index in [9.17, 15) is 9.59 Å². The molecule has 1 amide bonds. The fourth-order valence-electron chi connectivity index (χ4n) is 2.87. The number of rotatable bonds is 8. The Hall–Kier alpha value is -3.31. The molecule has 0 spiro atoms. The van der Waals surface area contributed by atoms with Gasteiger partial charge in [0, 0.05) is 22.4 Å². The van der Waals surface area contributed by atoms with Crippen molar-refractivity contribution < 1.29 is 19.1 Å². The molecule has 0 saturated carbocycles. The number of halogens is 1. The molecule has 3 aromatic rings. The molecule has 0 aromatic heterocycles. The summed E-state index contributed by atoms with van der Waals surface area (Å²) in [5, 5.41) is 3.33. The second-order valence-electron chi connectivity index (χ2n) is 6.57. The number of nitrogens with one attached hydrogen (secondary N) is 1. The number of ketones is 1. The second kappa shape index (κ2) is 9.94. The number of Topliss-reactive ketones (excluding diaryl/α,β-unsaturated/α-hetero) is 1. The van der Waals surface area contributed by atoms with E-state index in [0.717, 1.165) is 5.56 Å². The summed E-state index contributed by atoms with van der Waals surface area (Å²) in [6.45, 7) is 4.06. The smallest absolute Gasteiger partial charge is 0.255 e. The molecule has 0 atom stereocenters. The van der Waals surface area contributed by atoms with Gasteiger partial charge in [0.05, 0.1) is 11.6 Å². The molecule has 0 radical (unpaired) electrons. The van der Waals surface area contributed by atoms with Crippen LogP contribution in [0.5, 0.6) is 11.5 Å². The van der Waals surface area contributed by atoms with Crippen LogP contribution in [0.1, 0.15) is 40.1 Å². The van der Waals surface area contributed by atoms with Crippen molar-refractivity contribution in [3.05, 3.63) is 88.4 Å². The van der Waals surface area contributed by atoms with E-state index in [-0.39, 0.29) is 18.3 Å². The lowest BCUT2D eigenvalue weighted by molar-refractivity contribution is 0.101. The number of para-hydroxylation sites is 1. The number of anilines is 1. The number of hydrogen-bond donors (Lipinski definition) is 1. The fraction of sp³-hybridized carbons (Fsp3) is 0.167. The van der Waals surface area contributed by atoms with Crippen molar-refractivity contribution in [2.24, 2.45) is 0 Å². The van der Waals surface area contributed by atoms with Crippen LogP contribution >= 0.6 is 11.6 Å². The Morgan fingerprint density at radius 1 is 0.900 bits per heavy atom. The molecule has 1 N–H and O–H groups in total. The Balaban J connectivity index is 1.80. The van der Waals surface area contributed by atoms with Crippen molar-refractivity contribution in [1.29, 1.82) is 0 Å². The van der Waals surface area contributed by atoms with E-state index in [0.29, 0.717) is 39.9 Å². The normalized spacial score (nSPS) is 10.4. The highest BCUT2D eigenvalue weighted by Gasteiger charge is 2.13. The molecule has 0 fully saturated rings. The minimum atomic E-state index is -0.294. The Labute approximate surface area is 180 Å². The lowest BCUT2D eigenvalue weighted by atomic mass is 10.1. The molecule has 30 heavy (non-hydrogen) atoms. The summed E-state index contributed by atoms with van der Waals surface area (Å²) in [5.41, 5.74) is 2.26. The van der Waals surface area contributed by atoms with Crippen LogP contribution in [0.4, 0.5) is 5.69 Å². The van der Waals surface area contributed by atoms with Gasteiger partial charge in [-0.25, -0.2) is 0 Å². The zero-order valence-corrected chi connectivity index (χ0v) is 17.5. The Kier molecular flexibility index (Phi) is 7.09. The number of carbonyl (C=O) groups excluding carboxylic acids is 2. The van der Waals surface area contributed by atoms with Crippen LogP contribution in [0.25, 0.3) is 0 Å². The summed E-state index contributed by atoms with van der Waals surface area (Å²) in [6.07, 6.45) is 0. The van der Waals surface area contributed by atoms with Gasteiger partial charge < -0.3 is 14.8 Å². The highest BCUT2D eigenvalue weighted by atomic mass is 35.5. The summed E-state index contributed by atoms with van der Waals surface area (Å²) in [7, 11) is 0. The summed E-state index contributed by atoms with van der Waals surface area (Å²) >= 11 is 6.15. The first-order valence-corrected chi connectivity index (χ1v) is 9.91. The molecular weight excluding hydrogens is 402 g/mol. The largest absolute Gasteiger partial charge is 0.493 e. The summed E-state index contributed by atoms with van der Waals surface area (Å²) in [6, 6.07) is 19.2. The van der Waals surface area contributed by atoms with E-state index in [1.807, 2.05) is 19.1 Å². The monoisotopic (exact) mass is 423 g/mol. The van der Waals surface area contributed by atoms with Gasteiger partial charge in [0.15, 0.2) is 5.78 Å². The minimum absolute atomic E-state index is 0.0637.